The first-order chi connectivity index (χ1) is 7.36. The summed E-state index contributed by atoms with van der Waals surface area (Å²) in [5, 5.41) is 1.15. The Morgan fingerprint density at radius 1 is 1.47 bits per heavy atom. The number of hydrogen-bond donors (Lipinski definition) is 0. The fourth-order valence-corrected chi connectivity index (χ4v) is 2.24. The van der Waals surface area contributed by atoms with E-state index in [0.717, 1.165) is 16.3 Å². The zero-order valence-electron chi connectivity index (χ0n) is 9.07. The van der Waals surface area contributed by atoms with Crippen LogP contribution in [-0.4, -0.2) is 11.5 Å². The molecule has 1 aromatic rings. The van der Waals surface area contributed by atoms with Crippen LogP contribution in [0.1, 0.15) is 42.5 Å². The average molecular weight is 227 g/mol. The number of hydrogen-bond acceptors (Lipinski definition) is 4. The van der Waals surface area contributed by atoms with Gasteiger partial charge in [-0.15, -0.1) is 11.3 Å². The van der Waals surface area contributed by atoms with E-state index in [0.29, 0.717) is 13.1 Å². The summed E-state index contributed by atoms with van der Waals surface area (Å²) in [6.07, 6.45) is 7.88. The van der Waals surface area contributed by atoms with Gasteiger partial charge in [0.2, 0.25) is 0 Å². The molecule has 0 aliphatic heterocycles. The molecule has 1 aromatic heterocycles. The molecule has 1 heterocycles. The molecule has 84 valence electrons. The minimum Gasteiger partial charge on any atom is -0.462 e. The Hall–Kier alpha value is -0.900. The van der Waals surface area contributed by atoms with E-state index in [-0.39, 0.29) is 0 Å². The molecular formula is C11H17NO2S. The maximum atomic E-state index is 9.99. The average Bonchev–Trinajstić information content (AvgIpc) is 2.69. The Bertz CT molecular complexity index is 286. The lowest BCUT2D eigenvalue weighted by molar-refractivity contribution is -0.129. The van der Waals surface area contributed by atoms with Gasteiger partial charge in [-0.25, -0.2) is 4.98 Å². The standard InChI is InChI=1S/C11H17NO2S/c1-2-3-4-5-6-11-12-7-10(15-11)8-14-9-13/h7,9H,2-6,8H2,1H3. The molecule has 0 atom stereocenters. The molecule has 0 unspecified atom stereocenters. The Morgan fingerprint density at radius 3 is 3.07 bits per heavy atom. The van der Waals surface area contributed by atoms with Crippen molar-refractivity contribution < 1.29 is 9.53 Å². The van der Waals surface area contributed by atoms with Crippen molar-refractivity contribution >= 4 is 17.8 Å². The maximum Gasteiger partial charge on any atom is 0.293 e. The number of rotatable bonds is 8. The molecule has 0 aromatic carbocycles. The first-order valence-electron chi connectivity index (χ1n) is 5.35. The van der Waals surface area contributed by atoms with Crippen LogP contribution in [0, 0.1) is 0 Å². The molecule has 0 bridgehead atoms. The third kappa shape index (κ3) is 4.93. The molecule has 0 aliphatic carbocycles. The summed E-state index contributed by atoms with van der Waals surface area (Å²) >= 11 is 1.64. The van der Waals surface area contributed by atoms with Crippen LogP contribution in [0.15, 0.2) is 6.20 Å². The van der Waals surface area contributed by atoms with Crippen LogP contribution >= 0.6 is 11.3 Å². The van der Waals surface area contributed by atoms with Gasteiger partial charge in [-0.05, 0) is 12.8 Å². The molecule has 4 heteroatoms. The van der Waals surface area contributed by atoms with Crippen molar-refractivity contribution in [2.24, 2.45) is 0 Å². The highest BCUT2D eigenvalue weighted by molar-refractivity contribution is 7.11. The van der Waals surface area contributed by atoms with E-state index in [1.165, 1.54) is 25.7 Å². The summed E-state index contributed by atoms with van der Waals surface area (Å²) in [4.78, 5) is 15.3. The summed E-state index contributed by atoms with van der Waals surface area (Å²) in [7, 11) is 0. The summed E-state index contributed by atoms with van der Waals surface area (Å²) in [5.41, 5.74) is 0. The lowest BCUT2D eigenvalue weighted by atomic mass is 10.2. The van der Waals surface area contributed by atoms with Gasteiger partial charge in [0.1, 0.15) is 6.61 Å². The van der Waals surface area contributed by atoms with Gasteiger partial charge in [0.25, 0.3) is 6.47 Å². The number of aromatic nitrogens is 1. The van der Waals surface area contributed by atoms with E-state index in [1.54, 1.807) is 17.5 Å². The van der Waals surface area contributed by atoms with Gasteiger partial charge in [0, 0.05) is 6.20 Å². The van der Waals surface area contributed by atoms with E-state index in [9.17, 15) is 4.79 Å². The van der Waals surface area contributed by atoms with Gasteiger partial charge in [0.15, 0.2) is 0 Å². The van der Waals surface area contributed by atoms with Gasteiger partial charge in [0.05, 0.1) is 9.88 Å². The van der Waals surface area contributed by atoms with Crippen LogP contribution in [-0.2, 0) is 22.6 Å². The van der Waals surface area contributed by atoms with Crippen LogP contribution in [0.2, 0.25) is 0 Å². The smallest absolute Gasteiger partial charge is 0.293 e. The molecule has 15 heavy (non-hydrogen) atoms. The van der Waals surface area contributed by atoms with Crippen molar-refractivity contribution in [2.75, 3.05) is 0 Å². The Balaban J connectivity index is 2.23. The van der Waals surface area contributed by atoms with Crippen LogP contribution in [0.25, 0.3) is 0 Å². The number of carbonyl (C=O) groups is 1. The van der Waals surface area contributed by atoms with Gasteiger partial charge >= 0.3 is 0 Å². The van der Waals surface area contributed by atoms with Crippen molar-refractivity contribution in [1.82, 2.24) is 4.98 Å². The Labute approximate surface area is 94.5 Å². The lowest BCUT2D eigenvalue weighted by Gasteiger charge is -1.95. The zero-order chi connectivity index (χ0) is 10.9. The minimum absolute atomic E-state index is 0.357. The molecular weight excluding hydrogens is 210 g/mol. The zero-order valence-corrected chi connectivity index (χ0v) is 9.89. The van der Waals surface area contributed by atoms with Crippen molar-refractivity contribution in [3.63, 3.8) is 0 Å². The third-order valence-electron chi connectivity index (χ3n) is 2.14. The Morgan fingerprint density at radius 2 is 2.33 bits per heavy atom. The second-order valence-corrected chi connectivity index (χ2v) is 4.64. The number of aryl methyl sites for hydroxylation is 1. The summed E-state index contributed by atoms with van der Waals surface area (Å²) in [6.45, 7) is 3.04. The number of nitrogens with zero attached hydrogens (tertiary/aromatic N) is 1. The molecule has 0 radical (unpaired) electrons. The second kappa shape index (κ2) is 7.40. The molecule has 0 N–H and O–H groups in total. The number of ether oxygens (including phenoxy) is 1. The lowest BCUT2D eigenvalue weighted by Crippen LogP contribution is -1.85. The van der Waals surface area contributed by atoms with Crippen molar-refractivity contribution in [3.8, 4) is 0 Å². The van der Waals surface area contributed by atoms with Gasteiger partial charge in [-0.3, -0.25) is 4.79 Å². The van der Waals surface area contributed by atoms with Crippen molar-refractivity contribution in [1.29, 1.82) is 0 Å². The van der Waals surface area contributed by atoms with E-state index in [1.807, 2.05) is 0 Å². The predicted molar refractivity (Wildman–Crippen MR) is 60.8 cm³/mol. The predicted octanol–water partition coefficient (Wildman–Crippen LogP) is 2.94. The molecule has 0 saturated carbocycles. The normalized spacial score (nSPS) is 10.2. The quantitative estimate of drug-likeness (QED) is 0.506. The second-order valence-electron chi connectivity index (χ2n) is 3.44. The highest BCUT2D eigenvalue weighted by atomic mass is 32.1. The highest BCUT2D eigenvalue weighted by Crippen LogP contribution is 2.16. The third-order valence-corrected chi connectivity index (χ3v) is 3.17. The molecule has 0 spiro atoms. The van der Waals surface area contributed by atoms with Gasteiger partial charge in [-0.1, -0.05) is 26.2 Å². The van der Waals surface area contributed by atoms with Gasteiger partial charge < -0.3 is 4.74 Å². The fourth-order valence-electron chi connectivity index (χ4n) is 1.35. The number of thiazole rings is 1. The van der Waals surface area contributed by atoms with Crippen LogP contribution in [0.3, 0.4) is 0 Å². The molecule has 0 fully saturated rings. The largest absolute Gasteiger partial charge is 0.462 e. The summed E-state index contributed by atoms with van der Waals surface area (Å²) in [6, 6.07) is 0. The number of unbranched alkanes of at least 4 members (excludes halogenated alkanes) is 3. The maximum absolute atomic E-state index is 9.99. The van der Waals surface area contributed by atoms with Gasteiger partial charge in [-0.2, -0.15) is 0 Å². The molecule has 1 rings (SSSR count). The molecule has 0 aliphatic rings. The summed E-state index contributed by atoms with van der Waals surface area (Å²) < 4.78 is 4.67. The number of carbonyl (C=O) groups excluding carboxylic acids is 1. The van der Waals surface area contributed by atoms with E-state index in [4.69, 9.17) is 0 Å². The van der Waals surface area contributed by atoms with Crippen LogP contribution < -0.4 is 0 Å². The topological polar surface area (TPSA) is 39.2 Å². The van der Waals surface area contributed by atoms with Crippen LogP contribution in [0.4, 0.5) is 0 Å². The molecule has 3 nitrogen and oxygen atoms in total. The first kappa shape index (κ1) is 12.2. The fraction of sp³-hybridized carbons (Fsp3) is 0.636. The molecule has 0 amide bonds. The summed E-state index contributed by atoms with van der Waals surface area (Å²) in [5.74, 6) is 0. The van der Waals surface area contributed by atoms with Crippen LogP contribution in [0.5, 0.6) is 0 Å². The highest BCUT2D eigenvalue weighted by Gasteiger charge is 2.01. The first-order valence-corrected chi connectivity index (χ1v) is 6.17. The minimum atomic E-state index is 0.357. The SMILES string of the molecule is CCCCCCc1ncc(COC=O)s1. The van der Waals surface area contributed by atoms with E-state index >= 15 is 0 Å². The monoisotopic (exact) mass is 227 g/mol. The Kier molecular flexibility index (Phi) is 6.00. The van der Waals surface area contributed by atoms with Crippen molar-refractivity contribution in [2.45, 2.75) is 45.6 Å². The van der Waals surface area contributed by atoms with E-state index in [2.05, 4.69) is 16.6 Å². The molecule has 0 saturated heterocycles. The van der Waals surface area contributed by atoms with E-state index < -0.39 is 0 Å². The van der Waals surface area contributed by atoms with Crippen molar-refractivity contribution in [3.05, 3.63) is 16.1 Å².